The van der Waals surface area contributed by atoms with E-state index in [2.05, 4.69) is 5.32 Å². The van der Waals surface area contributed by atoms with Crippen LogP contribution in [-0.2, 0) is 11.3 Å². The molecule has 4 nitrogen and oxygen atoms in total. The number of nitriles is 1. The smallest absolute Gasteiger partial charge is 0.263 e. The van der Waals surface area contributed by atoms with E-state index in [1.54, 1.807) is 19.0 Å². The van der Waals surface area contributed by atoms with Crippen molar-refractivity contribution in [3.8, 4) is 6.07 Å². The van der Waals surface area contributed by atoms with Crippen molar-refractivity contribution >= 4 is 5.91 Å². The van der Waals surface area contributed by atoms with Crippen LogP contribution >= 0.6 is 0 Å². The summed E-state index contributed by atoms with van der Waals surface area (Å²) in [4.78, 5) is 13.4. The van der Waals surface area contributed by atoms with Gasteiger partial charge < -0.3 is 10.2 Å². The van der Waals surface area contributed by atoms with Gasteiger partial charge in [0.05, 0.1) is 0 Å². The molecule has 1 aromatic carbocycles. The Morgan fingerprint density at radius 3 is 2.50 bits per heavy atom. The zero-order chi connectivity index (χ0) is 13.5. The van der Waals surface area contributed by atoms with E-state index in [9.17, 15) is 4.79 Å². The molecule has 0 heterocycles. The van der Waals surface area contributed by atoms with Crippen molar-refractivity contribution in [1.29, 1.82) is 5.26 Å². The first-order chi connectivity index (χ1) is 8.52. The van der Waals surface area contributed by atoms with Crippen LogP contribution in [0.1, 0.15) is 11.1 Å². The summed E-state index contributed by atoms with van der Waals surface area (Å²) in [5, 5.41) is 11.6. The Hall–Kier alpha value is -2.28. The number of benzene rings is 1. The third kappa shape index (κ3) is 4.30. The zero-order valence-electron chi connectivity index (χ0n) is 10.9. The number of amides is 1. The van der Waals surface area contributed by atoms with Crippen LogP contribution in [-0.4, -0.2) is 24.9 Å². The Bertz CT molecular complexity index is 481. The SMILES string of the molecule is Cc1ccc(CNC(=O)C(C#N)=CN(C)C)cc1. The molecule has 0 spiro atoms. The zero-order valence-corrected chi connectivity index (χ0v) is 10.9. The molecule has 0 aromatic heterocycles. The van der Waals surface area contributed by atoms with Gasteiger partial charge in [0.1, 0.15) is 11.6 Å². The fourth-order valence-corrected chi connectivity index (χ4v) is 1.38. The van der Waals surface area contributed by atoms with Crippen LogP contribution in [0.3, 0.4) is 0 Å². The minimum atomic E-state index is -0.355. The van der Waals surface area contributed by atoms with E-state index >= 15 is 0 Å². The molecular formula is C14H17N3O. The van der Waals surface area contributed by atoms with E-state index in [0.29, 0.717) is 6.54 Å². The van der Waals surface area contributed by atoms with Gasteiger partial charge in [-0.2, -0.15) is 5.26 Å². The molecule has 0 aliphatic carbocycles. The second-order valence-electron chi connectivity index (χ2n) is 4.29. The van der Waals surface area contributed by atoms with E-state index < -0.39 is 0 Å². The van der Waals surface area contributed by atoms with Gasteiger partial charge in [0, 0.05) is 26.8 Å². The van der Waals surface area contributed by atoms with E-state index in [-0.39, 0.29) is 11.5 Å². The first-order valence-electron chi connectivity index (χ1n) is 5.65. The van der Waals surface area contributed by atoms with Crippen molar-refractivity contribution in [3.63, 3.8) is 0 Å². The van der Waals surface area contributed by atoms with Crippen LogP contribution in [0.15, 0.2) is 36.0 Å². The van der Waals surface area contributed by atoms with Gasteiger partial charge in [0.15, 0.2) is 0 Å². The minimum absolute atomic E-state index is 0.104. The maximum Gasteiger partial charge on any atom is 0.263 e. The van der Waals surface area contributed by atoms with Crippen molar-refractivity contribution in [3.05, 3.63) is 47.2 Å². The molecule has 1 amide bonds. The van der Waals surface area contributed by atoms with Gasteiger partial charge >= 0.3 is 0 Å². The third-order valence-corrected chi connectivity index (χ3v) is 2.33. The molecule has 4 heteroatoms. The van der Waals surface area contributed by atoms with Crippen molar-refractivity contribution < 1.29 is 4.79 Å². The first-order valence-corrected chi connectivity index (χ1v) is 5.65. The highest BCUT2D eigenvalue weighted by Gasteiger charge is 2.08. The molecule has 0 bridgehead atoms. The standard InChI is InChI=1S/C14H17N3O/c1-11-4-6-12(7-5-11)9-16-14(18)13(8-15)10-17(2)3/h4-7,10H,9H2,1-3H3,(H,16,18). The molecule has 0 radical (unpaired) electrons. The van der Waals surface area contributed by atoms with Gasteiger partial charge in [0.2, 0.25) is 0 Å². The molecule has 0 saturated heterocycles. The molecule has 1 rings (SSSR count). The third-order valence-electron chi connectivity index (χ3n) is 2.33. The lowest BCUT2D eigenvalue weighted by Gasteiger charge is -2.08. The molecule has 0 fully saturated rings. The van der Waals surface area contributed by atoms with Crippen LogP contribution in [0.4, 0.5) is 0 Å². The van der Waals surface area contributed by atoms with Gasteiger partial charge in [0.25, 0.3) is 5.91 Å². The predicted molar refractivity (Wildman–Crippen MR) is 70.4 cm³/mol. The maximum atomic E-state index is 11.7. The van der Waals surface area contributed by atoms with Gasteiger partial charge in [-0.3, -0.25) is 4.79 Å². The highest BCUT2D eigenvalue weighted by molar-refractivity contribution is 5.97. The Balaban J connectivity index is 2.61. The number of hydrogen-bond acceptors (Lipinski definition) is 3. The quantitative estimate of drug-likeness (QED) is 0.645. The van der Waals surface area contributed by atoms with E-state index in [1.807, 2.05) is 37.3 Å². The maximum absolute atomic E-state index is 11.7. The highest BCUT2D eigenvalue weighted by atomic mass is 16.1. The van der Waals surface area contributed by atoms with Crippen LogP contribution in [0.2, 0.25) is 0 Å². The monoisotopic (exact) mass is 243 g/mol. The summed E-state index contributed by atoms with van der Waals surface area (Å²) in [6.07, 6.45) is 1.50. The summed E-state index contributed by atoms with van der Waals surface area (Å²) in [5.41, 5.74) is 2.29. The van der Waals surface area contributed by atoms with Crippen LogP contribution < -0.4 is 5.32 Å². The van der Waals surface area contributed by atoms with Gasteiger partial charge in [-0.15, -0.1) is 0 Å². The molecule has 0 saturated carbocycles. The number of nitrogens with one attached hydrogen (secondary N) is 1. The topological polar surface area (TPSA) is 56.1 Å². The van der Waals surface area contributed by atoms with Crippen LogP contribution in [0, 0.1) is 18.3 Å². The second kappa shape index (κ2) is 6.45. The number of rotatable bonds is 4. The lowest BCUT2D eigenvalue weighted by molar-refractivity contribution is -0.117. The highest BCUT2D eigenvalue weighted by Crippen LogP contribution is 2.03. The van der Waals surface area contributed by atoms with Crippen molar-refractivity contribution in [2.45, 2.75) is 13.5 Å². The number of carbonyl (C=O) groups is 1. The molecule has 0 unspecified atom stereocenters. The van der Waals surface area contributed by atoms with Gasteiger partial charge in [-0.25, -0.2) is 0 Å². The summed E-state index contributed by atoms with van der Waals surface area (Å²) in [6, 6.07) is 9.77. The number of nitrogens with zero attached hydrogens (tertiary/aromatic N) is 2. The van der Waals surface area contributed by atoms with Crippen LogP contribution in [0.25, 0.3) is 0 Å². The van der Waals surface area contributed by atoms with E-state index in [4.69, 9.17) is 5.26 Å². The average molecular weight is 243 g/mol. The molecular weight excluding hydrogens is 226 g/mol. The van der Waals surface area contributed by atoms with Crippen molar-refractivity contribution in [2.24, 2.45) is 0 Å². The molecule has 1 aromatic rings. The minimum Gasteiger partial charge on any atom is -0.382 e. The Kier molecular flexibility index (Phi) is 4.94. The fourth-order valence-electron chi connectivity index (χ4n) is 1.38. The average Bonchev–Trinajstić information content (AvgIpc) is 2.34. The normalized spacial score (nSPS) is 10.7. The first kappa shape index (κ1) is 13.8. The second-order valence-corrected chi connectivity index (χ2v) is 4.29. The van der Waals surface area contributed by atoms with Gasteiger partial charge in [-0.05, 0) is 12.5 Å². The Morgan fingerprint density at radius 2 is 2.00 bits per heavy atom. The Morgan fingerprint density at radius 1 is 1.39 bits per heavy atom. The predicted octanol–water partition coefficient (Wildman–Crippen LogP) is 1.58. The summed E-state index contributed by atoms with van der Waals surface area (Å²) < 4.78 is 0. The largest absolute Gasteiger partial charge is 0.382 e. The summed E-state index contributed by atoms with van der Waals surface area (Å²) in [5.74, 6) is -0.355. The summed E-state index contributed by atoms with van der Waals surface area (Å²) in [6.45, 7) is 2.43. The summed E-state index contributed by atoms with van der Waals surface area (Å²) >= 11 is 0. The van der Waals surface area contributed by atoms with E-state index in [1.165, 1.54) is 11.8 Å². The fraction of sp³-hybridized carbons (Fsp3) is 0.286. The lowest BCUT2D eigenvalue weighted by Crippen LogP contribution is -2.25. The van der Waals surface area contributed by atoms with E-state index in [0.717, 1.165) is 5.56 Å². The molecule has 0 atom stereocenters. The lowest BCUT2D eigenvalue weighted by atomic mass is 10.1. The van der Waals surface area contributed by atoms with Gasteiger partial charge in [-0.1, -0.05) is 29.8 Å². The van der Waals surface area contributed by atoms with Crippen molar-refractivity contribution in [1.82, 2.24) is 10.2 Å². The molecule has 94 valence electrons. The molecule has 0 aliphatic heterocycles. The summed E-state index contributed by atoms with van der Waals surface area (Å²) in [7, 11) is 3.54. The van der Waals surface area contributed by atoms with Crippen LogP contribution in [0.5, 0.6) is 0 Å². The Labute approximate surface area is 108 Å². The molecule has 0 aliphatic rings. The van der Waals surface area contributed by atoms with Crippen molar-refractivity contribution in [2.75, 3.05) is 14.1 Å². The molecule has 18 heavy (non-hydrogen) atoms. The number of hydrogen-bond donors (Lipinski definition) is 1. The molecule has 1 N–H and O–H groups in total. The number of carbonyl (C=O) groups excluding carboxylic acids is 1. The number of aryl methyl sites for hydroxylation is 1.